The van der Waals surface area contributed by atoms with Crippen molar-refractivity contribution < 1.29 is 0 Å². The fraction of sp³-hybridized carbons (Fsp3) is 0.417. The minimum absolute atomic E-state index is 0.584. The van der Waals surface area contributed by atoms with Gasteiger partial charge in [-0.1, -0.05) is 6.07 Å². The molecule has 0 amide bonds. The number of rotatable bonds is 2. The van der Waals surface area contributed by atoms with Crippen LogP contribution in [0.3, 0.4) is 0 Å². The highest BCUT2D eigenvalue weighted by Gasteiger charge is 2.28. The molecule has 0 aliphatic heterocycles. The van der Waals surface area contributed by atoms with E-state index in [0.29, 0.717) is 12.5 Å². The third-order valence-electron chi connectivity index (χ3n) is 3.11. The summed E-state index contributed by atoms with van der Waals surface area (Å²) in [4.78, 5) is 4.67. The second-order valence-electron chi connectivity index (χ2n) is 4.29. The summed E-state index contributed by atoms with van der Waals surface area (Å²) in [6, 6.07) is 4.14. The summed E-state index contributed by atoms with van der Waals surface area (Å²) in [5.74, 6) is 1.90. The van der Waals surface area contributed by atoms with Crippen molar-refractivity contribution in [2.45, 2.75) is 32.2 Å². The zero-order chi connectivity index (χ0) is 10.4. The zero-order valence-electron chi connectivity index (χ0n) is 8.90. The lowest BCUT2D eigenvalue weighted by atomic mass is 10.2. The Morgan fingerprint density at radius 1 is 1.53 bits per heavy atom. The first-order valence-corrected chi connectivity index (χ1v) is 5.47. The SMILES string of the molecule is Cc1nc(C2CC2)n2cccc(CN)c12. The van der Waals surface area contributed by atoms with E-state index in [1.54, 1.807) is 0 Å². The van der Waals surface area contributed by atoms with Crippen LogP contribution in [0.15, 0.2) is 18.3 Å². The Balaban J connectivity index is 2.32. The van der Waals surface area contributed by atoms with Gasteiger partial charge < -0.3 is 10.1 Å². The standard InChI is InChI=1S/C12H15N3/c1-8-11-10(7-13)3-2-6-15(11)12(14-8)9-4-5-9/h2-3,6,9H,4-5,7,13H2,1H3. The molecule has 0 saturated heterocycles. The maximum Gasteiger partial charge on any atom is 0.116 e. The predicted molar refractivity (Wildman–Crippen MR) is 59.8 cm³/mol. The van der Waals surface area contributed by atoms with Crippen molar-refractivity contribution in [2.24, 2.45) is 5.73 Å². The molecule has 1 aliphatic carbocycles. The molecule has 0 unspecified atom stereocenters. The van der Waals surface area contributed by atoms with Crippen molar-refractivity contribution in [3.8, 4) is 0 Å². The van der Waals surface area contributed by atoms with E-state index in [2.05, 4.69) is 34.6 Å². The van der Waals surface area contributed by atoms with Gasteiger partial charge in [0.1, 0.15) is 5.82 Å². The lowest BCUT2D eigenvalue weighted by Gasteiger charge is -2.03. The molecular formula is C12H15N3. The Labute approximate surface area is 88.9 Å². The van der Waals surface area contributed by atoms with Crippen LogP contribution < -0.4 is 5.73 Å². The number of pyridine rings is 1. The van der Waals surface area contributed by atoms with Crippen LogP contribution in [0.1, 0.15) is 35.8 Å². The Morgan fingerprint density at radius 3 is 3.00 bits per heavy atom. The molecule has 0 aromatic carbocycles. The van der Waals surface area contributed by atoms with Crippen LogP contribution in [0.5, 0.6) is 0 Å². The molecule has 0 atom stereocenters. The van der Waals surface area contributed by atoms with Gasteiger partial charge in [-0.2, -0.15) is 0 Å². The van der Waals surface area contributed by atoms with Gasteiger partial charge in [-0.15, -0.1) is 0 Å². The molecule has 0 spiro atoms. The van der Waals surface area contributed by atoms with E-state index in [4.69, 9.17) is 5.73 Å². The van der Waals surface area contributed by atoms with Gasteiger partial charge in [-0.3, -0.25) is 0 Å². The molecule has 2 N–H and O–H groups in total. The molecule has 3 heteroatoms. The summed E-state index contributed by atoms with van der Waals surface area (Å²) >= 11 is 0. The van der Waals surface area contributed by atoms with Gasteiger partial charge in [-0.25, -0.2) is 4.98 Å². The lowest BCUT2D eigenvalue weighted by molar-refractivity contribution is 0.911. The third kappa shape index (κ3) is 1.27. The second-order valence-corrected chi connectivity index (χ2v) is 4.29. The van der Waals surface area contributed by atoms with Crippen LogP contribution in [-0.2, 0) is 6.54 Å². The Hall–Kier alpha value is -1.35. The molecule has 1 saturated carbocycles. The number of nitrogens with zero attached hydrogens (tertiary/aromatic N) is 2. The summed E-state index contributed by atoms with van der Waals surface area (Å²) in [7, 11) is 0. The van der Waals surface area contributed by atoms with E-state index in [1.807, 2.05) is 0 Å². The number of nitrogens with two attached hydrogens (primary N) is 1. The van der Waals surface area contributed by atoms with Crippen molar-refractivity contribution in [1.82, 2.24) is 9.38 Å². The number of aromatic nitrogens is 2. The smallest absolute Gasteiger partial charge is 0.116 e. The third-order valence-corrected chi connectivity index (χ3v) is 3.11. The van der Waals surface area contributed by atoms with Crippen LogP contribution in [-0.4, -0.2) is 9.38 Å². The molecule has 1 fully saturated rings. The monoisotopic (exact) mass is 201 g/mol. The van der Waals surface area contributed by atoms with Crippen molar-refractivity contribution >= 4 is 5.52 Å². The van der Waals surface area contributed by atoms with Crippen LogP contribution in [0, 0.1) is 6.92 Å². The summed E-state index contributed by atoms with van der Waals surface area (Å²) in [6.45, 7) is 2.65. The van der Waals surface area contributed by atoms with E-state index in [0.717, 1.165) is 5.69 Å². The van der Waals surface area contributed by atoms with Crippen molar-refractivity contribution in [2.75, 3.05) is 0 Å². The predicted octanol–water partition coefficient (Wildman–Crippen LogP) is 1.98. The second kappa shape index (κ2) is 3.07. The highest BCUT2D eigenvalue weighted by atomic mass is 15.0. The van der Waals surface area contributed by atoms with Crippen molar-refractivity contribution in [3.05, 3.63) is 35.4 Å². The Morgan fingerprint density at radius 2 is 2.33 bits per heavy atom. The fourth-order valence-electron chi connectivity index (χ4n) is 2.22. The largest absolute Gasteiger partial charge is 0.326 e. The maximum absolute atomic E-state index is 5.74. The fourth-order valence-corrected chi connectivity index (χ4v) is 2.22. The van der Waals surface area contributed by atoms with Gasteiger partial charge in [0.15, 0.2) is 0 Å². The molecule has 2 aromatic heterocycles. The molecule has 1 aliphatic rings. The first kappa shape index (κ1) is 8.92. The molecule has 78 valence electrons. The number of aryl methyl sites for hydroxylation is 1. The van der Waals surface area contributed by atoms with Crippen LogP contribution in [0.4, 0.5) is 0 Å². The molecular weight excluding hydrogens is 186 g/mol. The van der Waals surface area contributed by atoms with Crippen LogP contribution in [0.2, 0.25) is 0 Å². The van der Waals surface area contributed by atoms with Gasteiger partial charge in [0.2, 0.25) is 0 Å². The van der Waals surface area contributed by atoms with Crippen LogP contribution in [0.25, 0.3) is 5.52 Å². The lowest BCUT2D eigenvalue weighted by Crippen LogP contribution is -2.00. The summed E-state index contributed by atoms with van der Waals surface area (Å²) in [5, 5.41) is 0. The Kier molecular flexibility index (Phi) is 1.83. The van der Waals surface area contributed by atoms with Crippen molar-refractivity contribution in [3.63, 3.8) is 0 Å². The number of hydrogen-bond donors (Lipinski definition) is 1. The van der Waals surface area contributed by atoms with E-state index in [9.17, 15) is 0 Å². The maximum atomic E-state index is 5.74. The minimum atomic E-state index is 0.584. The van der Waals surface area contributed by atoms with E-state index >= 15 is 0 Å². The molecule has 15 heavy (non-hydrogen) atoms. The first-order valence-electron chi connectivity index (χ1n) is 5.47. The highest BCUT2D eigenvalue weighted by Crippen LogP contribution is 2.40. The van der Waals surface area contributed by atoms with E-state index in [1.165, 1.54) is 29.7 Å². The summed E-state index contributed by atoms with van der Waals surface area (Å²) in [6.07, 6.45) is 4.67. The quantitative estimate of drug-likeness (QED) is 0.807. The Bertz CT molecular complexity index is 509. The molecule has 2 aromatic rings. The van der Waals surface area contributed by atoms with Gasteiger partial charge in [0.05, 0.1) is 11.2 Å². The molecule has 2 heterocycles. The summed E-state index contributed by atoms with van der Waals surface area (Å²) in [5.41, 5.74) is 9.25. The minimum Gasteiger partial charge on any atom is -0.326 e. The van der Waals surface area contributed by atoms with Gasteiger partial charge in [0, 0.05) is 18.7 Å². The molecule has 3 nitrogen and oxygen atoms in total. The van der Waals surface area contributed by atoms with Gasteiger partial charge in [-0.05, 0) is 31.4 Å². The normalized spacial score (nSPS) is 16.1. The van der Waals surface area contributed by atoms with Gasteiger partial charge >= 0.3 is 0 Å². The number of imidazole rings is 1. The molecule has 3 rings (SSSR count). The molecule has 0 bridgehead atoms. The topological polar surface area (TPSA) is 43.3 Å². The number of hydrogen-bond acceptors (Lipinski definition) is 2. The number of fused-ring (bicyclic) bond motifs is 1. The average molecular weight is 201 g/mol. The average Bonchev–Trinajstić information content (AvgIpc) is 3.04. The van der Waals surface area contributed by atoms with Gasteiger partial charge in [0.25, 0.3) is 0 Å². The van der Waals surface area contributed by atoms with Crippen molar-refractivity contribution in [1.29, 1.82) is 0 Å². The summed E-state index contributed by atoms with van der Waals surface area (Å²) < 4.78 is 2.22. The zero-order valence-corrected chi connectivity index (χ0v) is 8.90. The van der Waals surface area contributed by atoms with Crippen LogP contribution >= 0.6 is 0 Å². The molecule has 0 radical (unpaired) electrons. The van der Waals surface area contributed by atoms with E-state index < -0.39 is 0 Å². The first-order chi connectivity index (χ1) is 7.31. The van der Waals surface area contributed by atoms with E-state index in [-0.39, 0.29) is 0 Å². The highest BCUT2D eigenvalue weighted by molar-refractivity contribution is 5.60.